The first-order chi connectivity index (χ1) is 9.58. The lowest BCUT2D eigenvalue weighted by molar-refractivity contribution is 0.176. The van der Waals surface area contributed by atoms with Crippen LogP contribution in [-0.4, -0.2) is 29.9 Å². The molecule has 2 rings (SSSR count). The molecule has 108 valence electrons. The molecule has 0 bridgehead atoms. The van der Waals surface area contributed by atoms with Gasteiger partial charge in [0.25, 0.3) is 0 Å². The third-order valence-corrected chi connectivity index (χ3v) is 3.26. The molecule has 20 heavy (non-hydrogen) atoms. The molecule has 1 atom stereocenters. The second-order valence-electron chi connectivity index (χ2n) is 5.12. The Kier molecular flexibility index (Phi) is 4.87. The summed E-state index contributed by atoms with van der Waals surface area (Å²) >= 11 is 0. The molecule has 2 N–H and O–H groups in total. The Labute approximate surface area is 119 Å². The van der Waals surface area contributed by atoms with Crippen LogP contribution >= 0.6 is 0 Å². The van der Waals surface area contributed by atoms with Crippen molar-refractivity contribution in [1.29, 1.82) is 0 Å². The van der Waals surface area contributed by atoms with Crippen molar-refractivity contribution >= 4 is 0 Å². The van der Waals surface area contributed by atoms with Gasteiger partial charge in [-0.15, -0.1) is 0 Å². The van der Waals surface area contributed by atoms with Crippen molar-refractivity contribution in [3.05, 3.63) is 46.6 Å². The van der Waals surface area contributed by atoms with E-state index in [2.05, 4.69) is 42.2 Å². The lowest BCUT2D eigenvalue weighted by Crippen LogP contribution is -2.28. The smallest absolute Gasteiger partial charge is 0.228 e. The quantitative estimate of drug-likeness (QED) is 0.870. The summed E-state index contributed by atoms with van der Waals surface area (Å²) in [5.41, 5.74) is 9.60. The van der Waals surface area contributed by atoms with Gasteiger partial charge in [0.15, 0.2) is 5.82 Å². The van der Waals surface area contributed by atoms with Gasteiger partial charge >= 0.3 is 0 Å². The van der Waals surface area contributed by atoms with Gasteiger partial charge in [-0.05, 0) is 30.5 Å². The van der Waals surface area contributed by atoms with Gasteiger partial charge in [-0.3, -0.25) is 0 Å². The predicted octanol–water partition coefficient (Wildman–Crippen LogP) is 1.79. The molecule has 1 aromatic carbocycles. The summed E-state index contributed by atoms with van der Waals surface area (Å²) < 4.78 is 10.2. The van der Waals surface area contributed by atoms with E-state index in [0.717, 1.165) is 0 Å². The topological polar surface area (TPSA) is 74.2 Å². The minimum atomic E-state index is -0.116. The number of ether oxygens (including phenoxy) is 1. The molecular weight excluding hydrogens is 254 g/mol. The van der Waals surface area contributed by atoms with Gasteiger partial charge in [-0.25, -0.2) is 0 Å². The molecule has 0 spiro atoms. The van der Waals surface area contributed by atoms with Crippen LogP contribution in [0.3, 0.4) is 0 Å². The zero-order valence-electron chi connectivity index (χ0n) is 12.2. The van der Waals surface area contributed by atoms with E-state index in [9.17, 15) is 0 Å². The third-order valence-electron chi connectivity index (χ3n) is 3.26. The summed E-state index contributed by atoms with van der Waals surface area (Å²) in [6.07, 6.45) is 1.21. The highest BCUT2D eigenvalue weighted by molar-refractivity contribution is 5.31. The molecule has 0 aliphatic rings. The van der Waals surface area contributed by atoms with Gasteiger partial charge in [-0.1, -0.05) is 23.4 Å². The standard InChI is InChI=1S/C15H21N3O2/c1-10-4-5-12(6-11(10)2)7-14-17-15(20-18-14)8-13(16)9-19-3/h4-6,13H,7-9,16H2,1-3H3. The molecule has 0 radical (unpaired) electrons. The Bertz CT molecular complexity index is 566. The second-order valence-corrected chi connectivity index (χ2v) is 5.12. The van der Waals surface area contributed by atoms with Crippen molar-refractivity contribution in [3.63, 3.8) is 0 Å². The molecule has 5 nitrogen and oxygen atoms in total. The van der Waals surface area contributed by atoms with Crippen LogP contribution in [0.5, 0.6) is 0 Å². The van der Waals surface area contributed by atoms with Crippen molar-refractivity contribution in [2.24, 2.45) is 5.73 Å². The molecule has 1 aromatic heterocycles. The highest BCUT2D eigenvalue weighted by Gasteiger charge is 2.11. The highest BCUT2D eigenvalue weighted by atomic mass is 16.5. The molecule has 2 aromatic rings. The van der Waals surface area contributed by atoms with Crippen molar-refractivity contribution < 1.29 is 9.26 Å². The Morgan fingerprint density at radius 1 is 1.30 bits per heavy atom. The van der Waals surface area contributed by atoms with Gasteiger partial charge in [0.05, 0.1) is 6.61 Å². The van der Waals surface area contributed by atoms with Gasteiger partial charge in [-0.2, -0.15) is 4.98 Å². The number of nitrogens with two attached hydrogens (primary N) is 1. The average molecular weight is 275 g/mol. The summed E-state index contributed by atoms with van der Waals surface area (Å²) in [6, 6.07) is 6.24. The molecule has 5 heteroatoms. The zero-order chi connectivity index (χ0) is 14.5. The first kappa shape index (κ1) is 14.7. The fourth-order valence-electron chi connectivity index (χ4n) is 2.04. The summed E-state index contributed by atoms with van der Waals surface area (Å²) in [7, 11) is 1.62. The molecule has 0 fully saturated rings. The molecule has 0 saturated heterocycles. The monoisotopic (exact) mass is 275 g/mol. The minimum absolute atomic E-state index is 0.116. The third kappa shape index (κ3) is 3.88. The average Bonchev–Trinajstić information content (AvgIpc) is 2.81. The largest absolute Gasteiger partial charge is 0.383 e. The number of hydrogen-bond donors (Lipinski definition) is 1. The Morgan fingerprint density at radius 2 is 2.10 bits per heavy atom. The maximum Gasteiger partial charge on any atom is 0.228 e. The van der Waals surface area contributed by atoms with E-state index in [4.69, 9.17) is 15.0 Å². The summed E-state index contributed by atoms with van der Waals surface area (Å²) in [4.78, 5) is 4.37. The molecule has 0 aliphatic carbocycles. The maximum atomic E-state index is 5.86. The molecule has 1 unspecified atom stereocenters. The lowest BCUT2D eigenvalue weighted by atomic mass is 10.0. The van der Waals surface area contributed by atoms with Crippen molar-refractivity contribution in [2.75, 3.05) is 13.7 Å². The van der Waals surface area contributed by atoms with Gasteiger partial charge in [0.1, 0.15) is 0 Å². The Morgan fingerprint density at radius 3 is 2.80 bits per heavy atom. The molecule has 0 amide bonds. The van der Waals surface area contributed by atoms with Crippen molar-refractivity contribution in [3.8, 4) is 0 Å². The fraction of sp³-hybridized carbons (Fsp3) is 0.467. The summed E-state index contributed by atoms with van der Waals surface area (Å²) in [5.74, 6) is 1.25. The number of benzene rings is 1. The van der Waals surface area contributed by atoms with Gasteiger partial charge in [0.2, 0.25) is 5.89 Å². The van der Waals surface area contributed by atoms with E-state index in [1.165, 1.54) is 16.7 Å². The molecule has 0 aliphatic heterocycles. The van der Waals surface area contributed by atoms with Crippen LogP contribution in [0.2, 0.25) is 0 Å². The van der Waals surface area contributed by atoms with E-state index in [1.807, 2.05) is 0 Å². The first-order valence-corrected chi connectivity index (χ1v) is 6.70. The zero-order valence-corrected chi connectivity index (χ0v) is 12.2. The van der Waals surface area contributed by atoms with E-state index in [1.54, 1.807) is 7.11 Å². The number of rotatable bonds is 6. The SMILES string of the molecule is COCC(N)Cc1nc(Cc2ccc(C)c(C)c2)no1. The van der Waals surface area contributed by atoms with Gasteiger partial charge < -0.3 is 15.0 Å². The summed E-state index contributed by atoms with van der Waals surface area (Å²) in [6.45, 7) is 4.68. The number of hydrogen-bond acceptors (Lipinski definition) is 5. The van der Waals surface area contributed by atoms with Crippen LogP contribution in [0.15, 0.2) is 22.7 Å². The van der Waals surface area contributed by atoms with Crippen LogP contribution in [-0.2, 0) is 17.6 Å². The maximum absolute atomic E-state index is 5.86. The number of aryl methyl sites for hydroxylation is 2. The van der Waals surface area contributed by atoms with Crippen LogP contribution < -0.4 is 5.73 Å². The lowest BCUT2D eigenvalue weighted by Gasteiger charge is -2.05. The van der Waals surface area contributed by atoms with Crippen LogP contribution in [0.25, 0.3) is 0 Å². The number of methoxy groups -OCH3 is 1. The van der Waals surface area contributed by atoms with Crippen LogP contribution in [0.4, 0.5) is 0 Å². The van der Waals surface area contributed by atoms with E-state index in [0.29, 0.717) is 31.2 Å². The van der Waals surface area contributed by atoms with Crippen molar-refractivity contribution in [2.45, 2.75) is 32.7 Å². The van der Waals surface area contributed by atoms with E-state index < -0.39 is 0 Å². The van der Waals surface area contributed by atoms with E-state index in [-0.39, 0.29) is 6.04 Å². The fourth-order valence-corrected chi connectivity index (χ4v) is 2.04. The summed E-state index contributed by atoms with van der Waals surface area (Å²) in [5, 5.41) is 3.99. The number of aromatic nitrogens is 2. The predicted molar refractivity (Wildman–Crippen MR) is 76.6 cm³/mol. The van der Waals surface area contributed by atoms with Crippen molar-refractivity contribution in [1.82, 2.24) is 10.1 Å². The van der Waals surface area contributed by atoms with Crippen LogP contribution in [0.1, 0.15) is 28.4 Å². The van der Waals surface area contributed by atoms with Crippen LogP contribution in [0, 0.1) is 13.8 Å². The molecule has 0 saturated carbocycles. The Hall–Kier alpha value is -1.72. The van der Waals surface area contributed by atoms with E-state index >= 15 is 0 Å². The Balaban J connectivity index is 2.00. The highest BCUT2D eigenvalue weighted by Crippen LogP contribution is 2.13. The minimum Gasteiger partial charge on any atom is -0.383 e. The van der Waals surface area contributed by atoms with Gasteiger partial charge in [0, 0.05) is 26.0 Å². The number of nitrogens with zero attached hydrogens (tertiary/aromatic N) is 2. The normalized spacial score (nSPS) is 12.6. The second kappa shape index (κ2) is 6.63. The molecular formula is C15H21N3O2. The first-order valence-electron chi connectivity index (χ1n) is 6.70. The molecule has 1 heterocycles.